The zero-order chi connectivity index (χ0) is 13.2. The molecule has 0 aromatic heterocycles. The first-order valence-corrected chi connectivity index (χ1v) is 6.54. The minimum Gasteiger partial charge on any atom is -0.328 e. The van der Waals surface area contributed by atoms with Gasteiger partial charge in [0.15, 0.2) is 5.78 Å². The third-order valence-electron chi connectivity index (χ3n) is 3.07. The fraction of sp³-hybridized carbons (Fsp3) is 0.583. The van der Waals surface area contributed by atoms with Crippen LogP contribution in [-0.4, -0.2) is 23.9 Å². The molecule has 4 nitrogen and oxygen atoms in total. The van der Waals surface area contributed by atoms with Crippen LogP contribution < -0.4 is 0 Å². The van der Waals surface area contributed by atoms with E-state index in [-0.39, 0.29) is 11.2 Å². The summed E-state index contributed by atoms with van der Waals surface area (Å²) in [5.74, 6) is -0.0992. The van der Waals surface area contributed by atoms with Crippen molar-refractivity contribution in [2.45, 2.75) is 33.3 Å². The van der Waals surface area contributed by atoms with Crippen molar-refractivity contribution in [3.63, 3.8) is 0 Å². The summed E-state index contributed by atoms with van der Waals surface area (Å²) in [7, 11) is -0.627. The van der Waals surface area contributed by atoms with E-state index >= 15 is 0 Å². The molecule has 0 aromatic rings. The van der Waals surface area contributed by atoms with Gasteiger partial charge in [-0.15, -0.1) is 0 Å². The van der Waals surface area contributed by atoms with E-state index in [1.807, 2.05) is 13.8 Å². The number of carbonyl (C=O) groups excluding carboxylic acids is 1. The maximum atomic E-state index is 12.0. The fourth-order valence-electron chi connectivity index (χ4n) is 2.21. The second-order valence-electron chi connectivity index (χ2n) is 4.71. The van der Waals surface area contributed by atoms with Crippen molar-refractivity contribution in [1.29, 1.82) is 0 Å². The van der Waals surface area contributed by atoms with Gasteiger partial charge in [0, 0.05) is 7.11 Å². The number of Topliss-reactive ketones (excluding diaryl/α,β-unsaturated/α-hetero) is 1. The minimum atomic E-state index is -1.98. The quantitative estimate of drug-likeness (QED) is 0.788. The van der Waals surface area contributed by atoms with Gasteiger partial charge in [0.2, 0.25) is 0 Å². The van der Waals surface area contributed by atoms with Gasteiger partial charge in [-0.25, -0.2) is 0 Å². The first-order valence-electron chi connectivity index (χ1n) is 5.41. The number of ketones is 1. The SMILES string of the molecule is C=CC1=C(C)C(=O)C(OP(O)OC)CC1(C)C. The molecule has 0 heterocycles. The summed E-state index contributed by atoms with van der Waals surface area (Å²) in [6.07, 6.45) is 1.61. The molecule has 5 heteroatoms. The van der Waals surface area contributed by atoms with Crippen LogP contribution in [0.5, 0.6) is 0 Å². The molecule has 1 aliphatic rings. The molecular weight excluding hydrogens is 239 g/mol. The second-order valence-corrected chi connectivity index (χ2v) is 5.76. The largest absolute Gasteiger partial charge is 0.330 e. The molecule has 0 radical (unpaired) electrons. The van der Waals surface area contributed by atoms with E-state index in [1.54, 1.807) is 13.0 Å². The van der Waals surface area contributed by atoms with Crippen molar-refractivity contribution < 1.29 is 18.7 Å². The summed E-state index contributed by atoms with van der Waals surface area (Å²) < 4.78 is 9.90. The molecular formula is C12H19O4P. The predicted molar refractivity (Wildman–Crippen MR) is 67.3 cm³/mol. The van der Waals surface area contributed by atoms with E-state index in [1.165, 1.54) is 7.11 Å². The molecule has 0 fully saturated rings. The average Bonchev–Trinajstić information content (AvgIpc) is 2.25. The Balaban J connectivity index is 2.99. The highest BCUT2D eigenvalue weighted by Crippen LogP contribution is 2.44. The lowest BCUT2D eigenvalue weighted by molar-refractivity contribution is -0.124. The number of allylic oxidation sites excluding steroid dienone is 2. The number of carbonyl (C=O) groups is 1. The van der Waals surface area contributed by atoms with Crippen molar-refractivity contribution in [2.24, 2.45) is 5.41 Å². The minimum absolute atomic E-state index is 0.0992. The highest BCUT2D eigenvalue weighted by molar-refractivity contribution is 7.40. The van der Waals surface area contributed by atoms with Gasteiger partial charge in [-0.1, -0.05) is 26.5 Å². The van der Waals surface area contributed by atoms with Gasteiger partial charge in [-0.05, 0) is 29.9 Å². The van der Waals surface area contributed by atoms with E-state index in [2.05, 4.69) is 11.1 Å². The zero-order valence-corrected chi connectivity index (χ0v) is 11.6. The standard InChI is InChI=1S/C12H19O4P/c1-6-9-8(2)11(13)10(7-12(9,3)4)16-17(14)15-5/h6,10,14H,1,7H2,2-5H3. The van der Waals surface area contributed by atoms with Gasteiger partial charge in [0.1, 0.15) is 6.10 Å². The van der Waals surface area contributed by atoms with E-state index < -0.39 is 14.7 Å². The Hall–Kier alpha value is -0.540. The maximum absolute atomic E-state index is 12.0. The van der Waals surface area contributed by atoms with Gasteiger partial charge >= 0.3 is 8.60 Å². The van der Waals surface area contributed by atoms with Crippen molar-refractivity contribution in [3.05, 3.63) is 23.8 Å². The molecule has 96 valence electrons. The Morgan fingerprint density at radius 2 is 2.18 bits per heavy atom. The molecule has 0 spiro atoms. The van der Waals surface area contributed by atoms with Crippen molar-refractivity contribution in [3.8, 4) is 0 Å². The van der Waals surface area contributed by atoms with E-state index in [4.69, 9.17) is 4.52 Å². The van der Waals surface area contributed by atoms with Crippen LogP contribution in [0, 0.1) is 5.41 Å². The fourth-order valence-corrected chi connectivity index (χ4v) is 2.69. The van der Waals surface area contributed by atoms with Crippen LogP contribution in [0.4, 0.5) is 0 Å². The second kappa shape index (κ2) is 5.40. The van der Waals surface area contributed by atoms with Crippen LogP contribution >= 0.6 is 8.60 Å². The Morgan fingerprint density at radius 1 is 1.59 bits per heavy atom. The molecule has 1 aliphatic carbocycles. The Morgan fingerprint density at radius 3 is 2.65 bits per heavy atom. The molecule has 2 atom stereocenters. The van der Waals surface area contributed by atoms with Crippen molar-refractivity contribution in [1.82, 2.24) is 0 Å². The lowest BCUT2D eigenvalue weighted by atomic mass is 9.71. The maximum Gasteiger partial charge on any atom is 0.330 e. The van der Waals surface area contributed by atoms with E-state index in [0.717, 1.165) is 5.57 Å². The van der Waals surface area contributed by atoms with Crippen LogP contribution in [0.1, 0.15) is 27.2 Å². The zero-order valence-electron chi connectivity index (χ0n) is 10.7. The molecule has 0 saturated heterocycles. The lowest BCUT2D eigenvalue weighted by Gasteiger charge is -2.36. The van der Waals surface area contributed by atoms with E-state index in [0.29, 0.717) is 12.0 Å². The average molecular weight is 258 g/mol. The van der Waals surface area contributed by atoms with Gasteiger partial charge < -0.3 is 13.9 Å². The summed E-state index contributed by atoms with van der Waals surface area (Å²) in [5, 5.41) is 0. The Kier molecular flexibility index (Phi) is 4.62. The summed E-state index contributed by atoms with van der Waals surface area (Å²) in [6, 6.07) is 0. The number of hydrogen-bond donors (Lipinski definition) is 1. The Bertz CT molecular complexity index is 360. The lowest BCUT2D eigenvalue weighted by Crippen LogP contribution is -2.36. The molecule has 0 amide bonds. The first-order chi connectivity index (χ1) is 7.83. The van der Waals surface area contributed by atoms with Gasteiger partial charge in [0.25, 0.3) is 0 Å². The van der Waals surface area contributed by atoms with Crippen LogP contribution in [0.3, 0.4) is 0 Å². The first kappa shape index (κ1) is 14.5. The van der Waals surface area contributed by atoms with Gasteiger partial charge in [-0.2, -0.15) is 0 Å². The summed E-state index contributed by atoms with van der Waals surface area (Å²) >= 11 is 0. The Labute approximate surface area is 103 Å². The highest BCUT2D eigenvalue weighted by atomic mass is 31.2. The molecule has 0 aliphatic heterocycles. The monoisotopic (exact) mass is 258 g/mol. The highest BCUT2D eigenvalue weighted by Gasteiger charge is 2.39. The number of hydrogen-bond acceptors (Lipinski definition) is 4. The van der Waals surface area contributed by atoms with Crippen molar-refractivity contribution >= 4 is 14.4 Å². The summed E-state index contributed by atoms with van der Waals surface area (Å²) in [4.78, 5) is 21.4. The van der Waals surface area contributed by atoms with Gasteiger partial charge in [-0.3, -0.25) is 4.79 Å². The predicted octanol–water partition coefficient (Wildman–Crippen LogP) is 2.74. The molecule has 17 heavy (non-hydrogen) atoms. The van der Waals surface area contributed by atoms with Gasteiger partial charge in [0.05, 0.1) is 0 Å². The molecule has 0 bridgehead atoms. The third-order valence-corrected chi connectivity index (χ3v) is 3.82. The number of rotatable bonds is 4. The molecule has 1 N–H and O–H groups in total. The third kappa shape index (κ3) is 3.02. The smallest absolute Gasteiger partial charge is 0.328 e. The normalized spacial score (nSPS) is 25.9. The molecule has 1 rings (SSSR count). The van der Waals surface area contributed by atoms with Crippen LogP contribution in [0.25, 0.3) is 0 Å². The molecule has 2 unspecified atom stereocenters. The van der Waals surface area contributed by atoms with Crippen LogP contribution in [-0.2, 0) is 13.8 Å². The van der Waals surface area contributed by atoms with Crippen molar-refractivity contribution in [2.75, 3.05) is 7.11 Å². The summed E-state index contributed by atoms with van der Waals surface area (Å²) in [5.41, 5.74) is 1.41. The van der Waals surface area contributed by atoms with Crippen LogP contribution in [0.2, 0.25) is 0 Å². The summed E-state index contributed by atoms with van der Waals surface area (Å²) in [6.45, 7) is 9.57. The molecule has 0 aromatic carbocycles. The molecule has 0 saturated carbocycles. The topological polar surface area (TPSA) is 55.8 Å². The van der Waals surface area contributed by atoms with Crippen LogP contribution in [0.15, 0.2) is 23.8 Å². The van der Waals surface area contributed by atoms with E-state index in [9.17, 15) is 9.69 Å².